The minimum Gasteiger partial charge on any atom is -0.307 e. The molecule has 0 saturated heterocycles. The summed E-state index contributed by atoms with van der Waals surface area (Å²) < 4.78 is 1.15. The summed E-state index contributed by atoms with van der Waals surface area (Å²) in [6, 6.07) is 9.81. The van der Waals surface area contributed by atoms with Crippen LogP contribution in [-0.2, 0) is 0 Å². The quantitative estimate of drug-likeness (QED) is 0.758. The summed E-state index contributed by atoms with van der Waals surface area (Å²) in [4.78, 5) is 0. The van der Waals surface area contributed by atoms with Crippen molar-refractivity contribution in [3.05, 3.63) is 34.3 Å². The van der Waals surface area contributed by atoms with Gasteiger partial charge in [0.05, 0.1) is 0 Å². The third kappa shape index (κ3) is 4.08. The molecule has 1 nitrogen and oxygen atoms in total. The lowest BCUT2D eigenvalue weighted by atomic mass is 9.73. The van der Waals surface area contributed by atoms with Crippen LogP contribution >= 0.6 is 15.9 Å². The van der Waals surface area contributed by atoms with Crippen molar-refractivity contribution in [3.63, 3.8) is 0 Å². The SMILES string of the molecule is CC1CCC(C(C)C)C(NC(C)c2ccc(Br)cc2)C1. The van der Waals surface area contributed by atoms with Crippen molar-refractivity contribution in [2.45, 2.75) is 59.0 Å². The van der Waals surface area contributed by atoms with Crippen LogP contribution in [0.4, 0.5) is 0 Å². The lowest BCUT2D eigenvalue weighted by Gasteiger charge is -2.39. The molecule has 1 N–H and O–H groups in total. The summed E-state index contributed by atoms with van der Waals surface area (Å²) in [7, 11) is 0. The maximum absolute atomic E-state index is 3.90. The molecule has 0 aliphatic heterocycles. The number of benzene rings is 1. The second kappa shape index (κ2) is 7.09. The van der Waals surface area contributed by atoms with Crippen molar-refractivity contribution >= 4 is 15.9 Å². The largest absolute Gasteiger partial charge is 0.307 e. The van der Waals surface area contributed by atoms with Gasteiger partial charge in [-0.15, -0.1) is 0 Å². The molecule has 0 spiro atoms. The van der Waals surface area contributed by atoms with E-state index >= 15 is 0 Å². The van der Waals surface area contributed by atoms with E-state index in [9.17, 15) is 0 Å². The van der Waals surface area contributed by atoms with Gasteiger partial charge in [0.15, 0.2) is 0 Å². The maximum Gasteiger partial charge on any atom is 0.0294 e. The Labute approximate surface area is 132 Å². The standard InChI is InChI=1S/C18H28BrN/c1-12(2)17-10-5-13(3)11-18(17)20-14(4)15-6-8-16(19)9-7-15/h6-9,12-14,17-18,20H,5,10-11H2,1-4H3. The molecule has 1 fully saturated rings. The fourth-order valence-corrected chi connectivity index (χ4v) is 3.83. The Kier molecular flexibility index (Phi) is 5.68. The lowest BCUT2D eigenvalue weighted by Crippen LogP contribution is -2.43. The number of hydrogen-bond donors (Lipinski definition) is 1. The molecular weight excluding hydrogens is 310 g/mol. The molecular formula is C18H28BrN. The van der Waals surface area contributed by atoms with Gasteiger partial charge in [-0.2, -0.15) is 0 Å². The molecule has 0 bridgehead atoms. The molecule has 0 aromatic heterocycles. The molecule has 1 aromatic carbocycles. The molecule has 1 aromatic rings. The predicted molar refractivity (Wildman–Crippen MR) is 90.8 cm³/mol. The van der Waals surface area contributed by atoms with Gasteiger partial charge in [-0.25, -0.2) is 0 Å². The fraction of sp³-hybridized carbons (Fsp3) is 0.667. The number of nitrogens with one attached hydrogen (secondary N) is 1. The van der Waals surface area contributed by atoms with Crippen LogP contribution in [-0.4, -0.2) is 6.04 Å². The molecule has 2 rings (SSSR count). The van der Waals surface area contributed by atoms with E-state index in [0.717, 1.165) is 22.2 Å². The Morgan fingerprint density at radius 3 is 2.35 bits per heavy atom. The normalized spacial score (nSPS) is 28.6. The number of halogens is 1. The van der Waals surface area contributed by atoms with E-state index < -0.39 is 0 Å². The fourth-order valence-electron chi connectivity index (χ4n) is 3.56. The van der Waals surface area contributed by atoms with Crippen LogP contribution in [0.25, 0.3) is 0 Å². The van der Waals surface area contributed by atoms with E-state index in [2.05, 4.69) is 73.2 Å². The van der Waals surface area contributed by atoms with Crippen molar-refractivity contribution < 1.29 is 0 Å². The summed E-state index contributed by atoms with van der Waals surface area (Å²) in [5.41, 5.74) is 1.38. The van der Waals surface area contributed by atoms with E-state index in [4.69, 9.17) is 0 Å². The first-order chi connectivity index (χ1) is 9.47. The molecule has 1 aliphatic carbocycles. The first-order valence-electron chi connectivity index (χ1n) is 7.99. The van der Waals surface area contributed by atoms with Gasteiger partial charge in [0.1, 0.15) is 0 Å². The first-order valence-corrected chi connectivity index (χ1v) is 8.78. The van der Waals surface area contributed by atoms with Crippen LogP contribution in [0.15, 0.2) is 28.7 Å². The van der Waals surface area contributed by atoms with Crippen molar-refractivity contribution in [2.24, 2.45) is 17.8 Å². The van der Waals surface area contributed by atoms with E-state index in [1.165, 1.54) is 24.8 Å². The zero-order valence-electron chi connectivity index (χ0n) is 13.2. The third-order valence-electron chi connectivity index (χ3n) is 4.86. The van der Waals surface area contributed by atoms with Gasteiger partial charge < -0.3 is 5.32 Å². The summed E-state index contributed by atoms with van der Waals surface area (Å²) in [5, 5.41) is 3.90. The minimum absolute atomic E-state index is 0.430. The summed E-state index contributed by atoms with van der Waals surface area (Å²) in [6.45, 7) is 9.44. The highest BCUT2D eigenvalue weighted by atomic mass is 79.9. The highest BCUT2D eigenvalue weighted by Gasteiger charge is 2.31. The average Bonchev–Trinajstić information content (AvgIpc) is 2.39. The molecule has 20 heavy (non-hydrogen) atoms. The topological polar surface area (TPSA) is 12.0 Å². The van der Waals surface area contributed by atoms with Gasteiger partial charge in [-0.3, -0.25) is 0 Å². The molecule has 112 valence electrons. The molecule has 0 heterocycles. The van der Waals surface area contributed by atoms with E-state index in [1.54, 1.807) is 0 Å². The van der Waals surface area contributed by atoms with Gasteiger partial charge in [0.25, 0.3) is 0 Å². The Morgan fingerprint density at radius 1 is 1.10 bits per heavy atom. The van der Waals surface area contributed by atoms with Crippen LogP contribution in [0, 0.1) is 17.8 Å². The van der Waals surface area contributed by atoms with Crippen LogP contribution in [0.3, 0.4) is 0 Å². The van der Waals surface area contributed by atoms with Crippen molar-refractivity contribution in [2.75, 3.05) is 0 Å². The highest BCUT2D eigenvalue weighted by Crippen LogP contribution is 2.34. The minimum atomic E-state index is 0.430. The highest BCUT2D eigenvalue weighted by molar-refractivity contribution is 9.10. The van der Waals surface area contributed by atoms with Gasteiger partial charge in [-0.1, -0.05) is 55.3 Å². The molecule has 1 saturated carbocycles. The van der Waals surface area contributed by atoms with Crippen LogP contribution in [0.2, 0.25) is 0 Å². The molecule has 0 amide bonds. The zero-order valence-corrected chi connectivity index (χ0v) is 14.8. The van der Waals surface area contributed by atoms with Crippen LogP contribution in [0.1, 0.15) is 58.6 Å². The molecule has 1 aliphatic rings. The second-order valence-electron chi connectivity index (χ2n) is 6.87. The van der Waals surface area contributed by atoms with E-state index in [1.807, 2.05) is 0 Å². The Balaban J connectivity index is 2.03. The van der Waals surface area contributed by atoms with Gasteiger partial charge in [-0.05, 0) is 55.2 Å². The lowest BCUT2D eigenvalue weighted by molar-refractivity contribution is 0.161. The third-order valence-corrected chi connectivity index (χ3v) is 5.38. The molecule has 2 heteroatoms. The maximum atomic E-state index is 3.90. The molecule has 0 radical (unpaired) electrons. The Bertz CT molecular complexity index is 412. The molecule has 4 atom stereocenters. The summed E-state index contributed by atoms with van der Waals surface area (Å²) in [5.74, 6) is 2.46. The number of hydrogen-bond acceptors (Lipinski definition) is 1. The zero-order chi connectivity index (χ0) is 14.7. The second-order valence-corrected chi connectivity index (χ2v) is 7.79. The predicted octanol–water partition coefficient (Wildman–Crippen LogP) is 5.56. The summed E-state index contributed by atoms with van der Waals surface area (Å²) in [6.07, 6.45) is 4.10. The van der Waals surface area contributed by atoms with E-state index in [0.29, 0.717) is 12.1 Å². The van der Waals surface area contributed by atoms with Gasteiger partial charge in [0.2, 0.25) is 0 Å². The van der Waals surface area contributed by atoms with Gasteiger partial charge >= 0.3 is 0 Å². The van der Waals surface area contributed by atoms with E-state index in [-0.39, 0.29) is 0 Å². The van der Waals surface area contributed by atoms with Gasteiger partial charge in [0, 0.05) is 16.6 Å². The Morgan fingerprint density at radius 2 is 1.75 bits per heavy atom. The smallest absolute Gasteiger partial charge is 0.0294 e. The number of rotatable bonds is 4. The molecule has 4 unspecified atom stereocenters. The van der Waals surface area contributed by atoms with Crippen molar-refractivity contribution in [3.8, 4) is 0 Å². The van der Waals surface area contributed by atoms with Crippen LogP contribution in [0.5, 0.6) is 0 Å². The van der Waals surface area contributed by atoms with Crippen molar-refractivity contribution in [1.82, 2.24) is 5.32 Å². The Hall–Kier alpha value is -0.340. The first kappa shape index (κ1) is 16.0. The summed E-state index contributed by atoms with van der Waals surface area (Å²) >= 11 is 3.51. The van der Waals surface area contributed by atoms with Crippen molar-refractivity contribution in [1.29, 1.82) is 0 Å². The monoisotopic (exact) mass is 337 g/mol. The average molecular weight is 338 g/mol. The van der Waals surface area contributed by atoms with Crippen LogP contribution < -0.4 is 5.32 Å².